The molecule has 2 aromatic rings. The number of hydrogen-bond donors (Lipinski definition) is 1. The number of carbonyl (C=O) groups is 1. The van der Waals surface area contributed by atoms with Crippen LogP contribution in [0.25, 0.3) is 11.3 Å². The molecule has 2 rings (SSSR count). The van der Waals surface area contributed by atoms with Crippen LogP contribution in [0.5, 0.6) is 0 Å². The van der Waals surface area contributed by atoms with Crippen molar-refractivity contribution >= 4 is 32.2 Å². The van der Waals surface area contributed by atoms with Crippen molar-refractivity contribution in [2.45, 2.75) is 6.42 Å². The van der Waals surface area contributed by atoms with E-state index in [0.29, 0.717) is 16.4 Å². The monoisotopic (exact) mass is 328 g/mol. The highest BCUT2D eigenvalue weighted by molar-refractivity contribution is 7.90. The first kappa shape index (κ1) is 15.6. The van der Waals surface area contributed by atoms with Gasteiger partial charge >= 0.3 is 0 Å². The molecule has 0 bridgehead atoms. The SMILES string of the molecule is CS(=O)(=O)CCC(=O)Nc1nc(-c2ccccc2F)cs1. The van der Waals surface area contributed by atoms with E-state index >= 15 is 0 Å². The van der Waals surface area contributed by atoms with Gasteiger partial charge in [-0.05, 0) is 12.1 Å². The fourth-order valence-corrected chi connectivity index (χ4v) is 2.87. The lowest BCUT2D eigenvalue weighted by Gasteiger charge is -2.01. The van der Waals surface area contributed by atoms with E-state index in [1.165, 1.54) is 6.07 Å². The Morgan fingerprint density at radius 1 is 1.38 bits per heavy atom. The number of anilines is 1. The maximum atomic E-state index is 13.6. The molecule has 0 saturated heterocycles. The summed E-state index contributed by atoms with van der Waals surface area (Å²) in [7, 11) is -3.18. The molecule has 0 aliphatic rings. The lowest BCUT2D eigenvalue weighted by molar-refractivity contribution is -0.115. The standard InChI is InChI=1S/C13H13FN2O3S2/c1-21(18,19)7-6-12(17)16-13-15-11(8-20-13)9-4-2-3-5-10(9)14/h2-5,8H,6-7H2,1H3,(H,15,16,17). The Morgan fingerprint density at radius 3 is 2.76 bits per heavy atom. The molecule has 0 spiro atoms. The molecule has 1 aromatic heterocycles. The molecule has 0 radical (unpaired) electrons. The Balaban J connectivity index is 2.04. The summed E-state index contributed by atoms with van der Waals surface area (Å²) >= 11 is 1.16. The van der Waals surface area contributed by atoms with Crippen LogP contribution in [0.4, 0.5) is 9.52 Å². The van der Waals surface area contributed by atoms with E-state index < -0.39 is 21.6 Å². The van der Waals surface area contributed by atoms with E-state index in [1.54, 1.807) is 23.6 Å². The number of hydrogen-bond acceptors (Lipinski definition) is 5. The van der Waals surface area contributed by atoms with Crippen LogP contribution in [0, 0.1) is 5.82 Å². The summed E-state index contributed by atoms with van der Waals surface area (Å²) < 4.78 is 35.6. The molecule has 112 valence electrons. The van der Waals surface area contributed by atoms with Crippen molar-refractivity contribution < 1.29 is 17.6 Å². The molecule has 8 heteroatoms. The van der Waals surface area contributed by atoms with Crippen LogP contribution in [-0.4, -0.2) is 31.3 Å². The second-order valence-corrected chi connectivity index (χ2v) is 7.56. The number of thiazole rings is 1. The maximum Gasteiger partial charge on any atom is 0.227 e. The minimum absolute atomic E-state index is 0.132. The highest BCUT2D eigenvalue weighted by Crippen LogP contribution is 2.26. The van der Waals surface area contributed by atoms with E-state index in [4.69, 9.17) is 0 Å². The molecule has 0 aliphatic heterocycles. The zero-order chi connectivity index (χ0) is 15.5. The fraction of sp³-hybridized carbons (Fsp3) is 0.231. The number of halogens is 1. The van der Waals surface area contributed by atoms with Gasteiger partial charge in [-0.3, -0.25) is 4.79 Å². The summed E-state index contributed by atoms with van der Waals surface area (Å²) in [6, 6.07) is 6.21. The van der Waals surface area contributed by atoms with Gasteiger partial charge in [0.2, 0.25) is 5.91 Å². The molecule has 5 nitrogen and oxygen atoms in total. The lowest BCUT2D eigenvalue weighted by Crippen LogP contribution is -2.16. The summed E-state index contributed by atoms with van der Waals surface area (Å²) in [5.41, 5.74) is 0.780. The van der Waals surface area contributed by atoms with Crippen molar-refractivity contribution in [3.05, 3.63) is 35.5 Å². The van der Waals surface area contributed by atoms with Gasteiger partial charge in [0.05, 0.1) is 11.4 Å². The van der Waals surface area contributed by atoms with E-state index in [9.17, 15) is 17.6 Å². The van der Waals surface area contributed by atoms with E-state index in [0.717, 1.165) is 17.6 Å². The van der Waals surface area contributed by atoms with Gasteiger partial charge in [0.1, 0.15) is 15.7 Å². The van der Waals surface area contributed by atoms with Crippen molar-refractivity contribution in [3.8, 4) is 11.3 Å². The maximum absolute atomic E-state index is 13.6. The Bertz CT molecular complexity index is 756. The molecule has 0 atom stereocenters. The molecule has 0 fully saturated rings. The second-order valence-electron chi connectivity index (χ2n) is 4.45. The molecule has 0 saturated carbocycles. The van der Waals surface area contributed by atoms with Gasteiger partial charge in [0.15, 0.2) is 5.13 Å². The first-order valence-corrected chi connectivity index (χ1v) is 8.97. The number of nitrogens with one attached hydrogen (secondary N) is 1. The number of nitrogens with zero attached hydrogens (tertiary/aromatic N) is 1. The Hall–Kier alpha value is -1.80. The number of rotatable bonds is 5. The predicted octanol–water partition coefficient (Wildman–Crippen LogP) is 2.32. The van der Waals surface area contributed by atoms with Crippen molar-refractivity contribution in [2.24, 2.45) is 0 Å². The number of sulfone groups is 1. The zero-order valence-electron chi connectivity index (χ0n) is 11.2. The quantitative estimate of drug-likeness (QED) is 0.914. The summed E-state index contributed by atoms with van der Waals surface area (Å²) in [5.74, 6) is -1.04. The molecule has 21 heavy (non-hydrogen) atoms. The summed E-state index contributed by atoms with van der Waals surface area (Å²) in [6.45, 7) is 0. The van der Waals surface area contributed by atoms with Crippen LogP contribution < -0.4 is 5.32 Å². The minimum atomic E-state index is -3.18. The smallest absolute Gasteiger partial charge is 0.227 e. The van der Waals surface area contributed by atoms with Crippen LogP contribution in [0.15, 0.2) is 29.6 Å². The van der Waals surface area contributed by atoms with Crippen molar-refractivity contribution in [1.82, 2.24) is 4.98 Å². The third-order valence-corrected chi connectivity index (χ3v) is 4.30. The zero-order valence-corrected chi connectivity index (χ0v) is 12.8. The van der Waals surface area contributed by atoms with Gasteiger partial charge in [0, 0.05) is 23.6 Å². The number of benzene rings is 1. The normalized spacial score (nSPS) is 11.3. The Morgan fingerprint density at radius 2 is 2.10 bits per heavy atom. The lowest BCUT2D eigenvalue weighted by atomic mass is 10.2. The largest absolute Gasteiger partial charge is 0.302 e. The third kappa shape index (κ3) is 4.61. The molecule has 1 N–H and O–H groups in total. The second kappa shape index (κ2) is 6.31. The van der Waals surface area contributed by atoms with Crippen molar-refractivity contribution in [3.63, 3.8) is 0 Å². The van der Waals surface area contributed by atoms with Crippen molar-refractivity contribution in [2.75, 3.05) is 17.3 Å². The molecule has 0 unspecified atom stereocenters. The number of aromatic nitrogens is 1. The van der Waals surface area contributed by atoms with Crippen molar-refractivity contribution in [1.29, 1.82) is 0 Å². The van der Waals surface area contributed by atoms with Gasteiger partial charge in [-0.25, -0.2) is 17.8 Å². The third-order valence-electron chi connectivity index (χ3n) is 2.60. The van der Waals surface area contributed by atoms with Gasteiger partial charge in [-0.1, -0.05) is 12.1 Å². The molecular formula is C13H13FN2O3S2. The van der Waals surface area contributed by atoms with E-state index in [2.05, 4.69) is 10.3 Å². The van der Waals surface area contributed by atoms with Crippen LogP contribution in [-0.2, 0) is 14.6 Å². The van der Waals surface area contributed by atoms with Gasteiger partial charge in [-0.2, -0.15) is 0 Å². The van der Waals surface area contributed by atoms with Gasteiger partial charge in [-0.15, -0.1) is 11.3 Å². The molecule has 1 amide bonds. The number of carbonyl (C=O) groups excluding carboxylic acids is 1. The van der Waals surface area contributed by atoms with E-state index in [1.807, 2.05) is 0 Å². The molecule has 1 heterocycles. The topological polar surface area (TPSA) is 76.1 Å². The number of amides is 1. The van der Waals surface area contributed by atoms with Crippen LogP contribution in [0.3, 0.4) is 0 Å². The van der Waals surface area contributed by atoms with Gasteiger partial charge in [0.25, 0.3) is 0 Å². The predicted molar refractivity (Wildman–Crippen MR) is 80.5 cm³/mol. The summed E-state index contributed by atoms with van der Waals surface area (Å²) in [5, 5.41) is 4.45. The van der Waals surface area contributed by atoms with Gasteiger partial charge < -0.3 is 5.32 Å². The highest BCUT2D eigenvalue weighted by atomic mass is 32.2. The first-order valence-electron chi connectivity index (χ1n) is 6.03. The van der Waals surface area contributed by atoms with Crippen LogP contribution >= 0.6 is 11.3 Å². The Kier molecular flexibility index (Phi) is 4.69. The minimum Gasteiger partial charge on any atom is -0.302 e. The van der Waals surface area contributed by atoms with Crippen LogP contribution in [0.1, 0.15) is 6.42 Å². The molecule has 0 aliphatic carbocycles. The average molecular weight is 328 g/mol. The highest BCUT2D eigenvalue weighted by Gasteiger charge is 2.12. The first-order chi connectivity index (χ1) is 9.85. The fourth-order valence-electron chi connectivity index (χ4n) is 1.58. The van der Waals surface area contributed by atoms with Crippen LogP contribution in [0.2, 0.25) is 0 Å². The Labute approximate surface area is 125 Å². The van der Waals surface area contributed by atoms with E-state index in [-0.39, 0.29) is 12.2 Å². The summed E-state index contributed by atoms with van der Waals surface area (Å²) in [4.78, 5) is 15.7. The molecule has 1 aromatic carbocycles. The average Bonchev–Trinajstić information content (AvgIpc) is 2.84. The summed E-state index contributed by atoms with van der Waals surface area (Å²) in [6.07, 6.45) is 0.938. The molecular weight excluding hydrogens is 315 g/mol.